The summed E-state index contributed by atoms with van der Waals surface area (Å²) in [6, 6.07) is 11.9. The summed E-state index contributed by atoms with van der Waals surface area (Å²) < 4.78 is 5.13. The summed E-state index contributed by atoms with van der Waals surface area (Å²) in [5.41, 5.74) is 1.26. The van der Waals surface area contributed by atoms with Crippen molar-refractivity contribution >= 4 is 17.3 Å². The van der Waals surface area contributed by atoms with Gasteiger partial charge in [0, 0.05) is 16.3 Å². The number of rotatable bonds is 8. The van der Waals surface area contributed by atoms with Gasteiger partial charge in [0.15, 0.2) is 0 Å². The van der Waals surface area contributed by atoms with E-state index in [-0.39, 0.29) is 6.42 Å². The van der Waals surface area contributed by atoms with Crippen molar-refractivity contribution in [2.75, 3.05) is 13.7 Å². The van der Waals surface area contributed by atoms with E-state index in [1.807, 2.05) is 24.3 Å². The monoisotopic (exact) mass is 305 g/mol. The minimum atomic E-state index is -0.782. The van der Waals surface area contributed by atoms with Gasteiger partial charge < -0.3 is 15.2 Å². The largest absolute Gasteiger partial charge is 0.497 e. The molecule has 112 valence electrons. The number of thiophene rings is 1. The average Bonchev–Trinajstić information content (AvgIpc) is 2.91. The molecular formula is C16H19NO3S. The third kappa shape index (κ3) is 5.21. The Hall–Kier alpha value is -1.85. The lowest BCUT2D eigenvalue weighted by Crippen LogP contribution is -2.15. The van der Waals surface area contributed by atoms with Crippen molar-refractivity contribution in [2.45, 2.75) is 19.4 Å². The number of hydrogen-bond acceptors (Lipinski definition) is 4. The molecule has 0 aliphatic heterocycles. The van der Waals surface area contributed by atoms with Gasteiger partial charge >= 0.3 is 5.97 Å². The summed E-state index contributed by atoms with van der Waals surface area (Å²) in [5, 5.41) is 12.1. The van der Waals surface area contributed by atoms with Crippen LogP contribution in [0, 0.1) is 0 Å². The molecular weight excluding hydrogens is 286 g/mol. The van der Waals surface area contributed by atoms with Crippen molar-refractivity contribution in [1.29, 1.82) is 0 Å². The van der Waals surface area contributed by atoms with Crippen molar-refractivity contribution in [2.24, 2.45) is 0 Å². The molecule has 0 fully saturated rings. The number of carboxylic acids is 1. The Morgan fingerprint density at radius 2 is 1.90 bits per heavy atom. The van der Waals surface area contributed by atoms with Crippen molar-refractivity contribution in [3.8, 4) is 5.75 Å². The van der Waals surface area contributed by atoms with Gasteiger partial charge in [-0.15, -0.1) is 11.3 Å². The van der Waals surface area contributed by atoms with Crippen molar-refractivity contribution in [3.05, 3.63) is 51.7 Å². The van der Waals surface area contributed by atoms with Crippen LogP contribution in [-0.2, 0) is 24.2 Å². The smallest absolute Gasteiger partial charge is 0.308 e. The second kappa shape index (κ2) is 7.81. The molecule has 0 unspecified atom stereocenters. The molecule has 1 aromatic carbocycles. The Kier molecular flexibility index (Phi) is 5.78. The van der Waals surface area contributed by atoms with E-state index in [1.165, 1.54) is 10.4 Å². The van der Waals surface area contributed by atoms with Crippen LogP contribution in [0.3, 0.4) is 0 Å². The maximum atomic E-state index is 10.6. The highest BCUT2D eigenvalue weighted by Crippen LogP contribution is 2.17. The molecule has 0 bridgehead atoms. The SMILES string of the molecule is COc1ccc(CCNCc2ccc(CC(=O)O)s2)cc1. The van der Waals surface area contributed by atoms with Crippen LogP contribution in [-0.4, -0.2) is 24.7 Å². The molecule has 1 heterocycles. The predicted molar refractivity (Wildman–Crippen MR) is 84.1 cm³/mol. The molecule has 0 aliphatic carbocycles. The first kappa shape index (κ1) is 15.5. The normalized spacial score (nSPS) is 10.5. The fraction of sp³-hybridized carbons (Fsp3) is 0.312. The van der Waals surface area contributed by atoms with Gasteiger partial charge in [-0.3, -0.25) is 4.79 Å². The van der Waals surface area contributed by atoms with Crippen LogP contribution < -0.4 is 10.1 Å². The lowest BCUT2D eigenvalue weighted by Gasteiger charge is -2.05. The van der Waals surface area contributed by atoms with Crippen molar-refractivity contribution < 1.29 is 14.6 Å². The highest BCUT2D eigenvalue weighted by Gasteiger charge is 2.04. The molecule has 2 rings (SSSR count). The number of nitrogens with one attached hydrogen (secondary N) is 1. The van der Waals surface area contributed by atoms with Crippen LogP contribution in [0.25, 0.3) is 0 Å². The van der Waals surface area contributed by atoms with Gasteiger partial charge in [-0.1, -0.05) is 12.1 Å². The summed E-state index contributed by atoms with van der Waals surface area (Å²) in [7, 11) is 1.66. The Labute approximate surface area is 128 Å². The summed E-state index contributed by atoms with van der Waals surface area (Å²) in [6.45, 7) is 1.67. The zero-order valence-corrected chi connectivity index (χ0v) is 12.8. The zero-order chi connectivity index (χ0) is 15.1. The van der Waals surface area contributed by atoms with Gasteiger partial charge in [-0.25, -0.2) is 0 Å². The summed E-state index contributed by atoms with van der Waals surface area (Å²) >= 11 is 1.55. The van der Waals surface area contributed by atoms with Gasteiger partial charge in [0.1, 0.15) is 5.75 Å². The Balaban J connectivity index is 1.71. The second-order valence-electron chi connectivity index (χ2n) is 4.71. The maximum Gasteiger partial charge on any atom is 0.308 e. The topological polar surface area (TPSA) is 58.6 Å². The highest BCUT2D eigenvalue weighted by atomic mass is 32.1. The van der Waals surface area contributed by atoms with Gasteiger partial charge in [0.05, 0.1) is 13.5 Å². The molecule has 0 atom stereocenters. The Morgan fingerprint density at radius 3 is 2.57 bits per heavy atom. The average molecular weight is 305 g/mol. The first-order chi connectivity index (χ1) is 10.2. The van der Waals surface area contributed by atoms with E-state index < -0.39 is 5.97 Å². The van der Waals surface area contributed by atoms with E-state index in [2.05, 4.69) is 17.4 Å². The summed E-state index contributed by atoms with van der Waals surface area (Å²) in [6.07, 6.45) is 1.06. The van der Waals surface area contributed by atoms with Gasteiger partial charge in [-0.2, -0.15) is 0 Å². The number of aliphatic carboxylic acids is 1. The van der Waals surface area contributed by atoms with Crippen LogP contribution in [0.5, 0.6) is 5.75 Å². The van der Waals surface area contributed by atoms with Gasteiger partial charge in [0.25, 0.3) is 0 Å². The van der Waals surface area contributed by atoms with E-state index >= 15 is 0 Å². The lowest BCUT2D eigenvalue weighted by molar-refractivity contribution is -0.136. The van der Waals surface area contributed by atoms with Crippen molar-refractivity contribution in [1.82, 2.24) is 5.32 Å². The van der Waals surface area contributed by atoms with E-state index in [0.717, 1.165) is 30.1 Å². The van der Waals surface area contributed by atoms with E-state index in [1.54, 1.807) is 18.4 Å². The number of carboxylic acid groups (broad SMARTS) is 1. The van der Waals surface area contributed by atoms with E-state index in [4.69, 9.17) is 9.84 Å². The molecule has 0 spiro atoms. The molecule has 0 radical (unpaired) electrons. The third-order valence-electron chi connectivity index (χ3n) is 3.09. The van der Waals surface area contributed by atoms with Crippen LogP contribution in [0.1, 0.15) is 15.3 Å². The van der Waals surface area contributed by atoms with Gasteiger partial charge in [0.2, 0.25) is 0 Å². The quantitative estimate of drug-likeness (QED) is 0.736. The van der Waals surface area contributed by atoms with Crippen LogP contribution in [0.2, 0.25) is 0 Å². The molecule has 0 saturated carbocycles. The van der Waals surface area contributed by atoms with Crippen LogP contribution in [0.4, 0.5) is 0 Å². The first-order valence-electron chi connectivity index (χ1n) is 6.80. The molecule has 1 aromatic heterocycles. The molecule has 21 heavy (non-hydrogen) atoms. The minimum absolute atomic E-state index is 0.108. The Morgan fingerprint density at radius 1 is 1.19 bits per heavy atom. The zero-order valence-electron chi connectivity index (χ0n) is 12.0. The van der Waals surface area contributed by atoms with Crippen molar-refractivity contribution in [3.63, 3.8) is 0 Å². The number of benzene rings is 1. The highest BCUT2D eigenvalue weighted by molar-refractivity contribution is 7.12. The van der Waals surface area contributed by atoms with Crippen LogP contribution in [0.15, 0.2) is 36.4 Å². The third-order valence-corrected chi connectivity index (χ3v) is 4.18. The second-order valence-corrected chi connectivity index (χ2v) is 5.97. The number of carbonyl (C=O) groups is 1. The summed E-state index contributed by atoms with van der Waals surface area (Å²) in [5.74, 6) is 0.0899. The molecule has 5 heteroatoms. The minimum Gasteiger partial charge on any atom is -0.497 e. The standard InChI is InChI=1S/C16H19NO3S/c1-20-13-4-2-12(3-5-13)8-9-17-11-15-7-6-14(21-15)10-16(18)19/h2-7,17H,8-11H2,1H3,(H,18,19). The molecule has 0 aliphatic rings. The van der Waals surface area contributed by atoms with Crippen LogP contribution >= 0.6 is 11.3 Å². The fourth-order valence-electron chi connectivity index (χ4n) is 2.00. The molecule has 4 nitrogen and oxygen atoms in total. The molecule has 0 saturated heterocycles. The molecule has 2 aromatic rings. The Bertz CT molecular complexity index is 577. The first-order valence-corrected chi connectivity index (χ1v) is 7.62. The predicted octanol–water partition coefficient (Wildman–Crippen LogP) is 2.72. The number of ether oxygens (including phenoxy) is 1. The number of methoxy groups -OCH3 is 1. The summed E-state index contributed by atoms with van der Waals surface area (Å²) in [4.78, 5) is 12.7. The lowest BCUT2D eigenvalue weighted by atomic mass is 10.1. The van der Waals surface area contributed by atoms with E-state index in [9.17, 15) is 4.79 Å². The number of hydrogen-bond donors (Lipinski definition) is 2. The fourth-order valence-corrected chi connectivity index (χ4v) is 2.98. The van der Waals surface area contributed by atoms with E-state index in [0.29, 0.717) is 0 Å². The molecule has 0 amide bonds. The maximum absolute atomic E-state index is 10.6. The van der Waals surface area contributed by atoms with Gasteiger partial charge in [-0.05, 0) is 42.8 Å². The molecule has 2 N–H and O–H groups in total.